The van der Waals surface area contributed by atoms with E-state index in [-0.39, 0.29) is 5.95 Å². The van der Waals surface area contributed by atoms with Gasteiger partial charge < -0.3 is 5.73 Å². The van der Waals surface area contributed by atoms with Crippen molar-refractivity contribution in [2.75, 3.05) is 5.73 Å². The van der Waals surface area contributed by atoms with E-state index in [1.807, 2.05) is 31.2 Å². The summed E-state index contributed by atoms with van der Waals surface area (Å²) in [5, 5.41) is 0. The van der Waals surface area contributed by atoms with Crippen molar-refractivity contribution in [1.82, 2.24) is 15.0 Å². The van der Waals surface area contributed by atoms with Gasteiger partial charge in [0.15, 0.2) is 5.82 Å². The van der Waals surface area contributed by atoms with Gasteiger partial charge in [-0.3, -0.25) is 0 Å². The zero-order chi connectivity index (χ0) is 11.5. The Bertz CT molecular complexity index is 513. The van der Waals surface area contributed by atoms with Crippen molar-refractivity contribution in [1.29, 1.82) is 0 Å². The molecule has 0 fully saturated rings. The number of aromatic nitrogens is 3. The lowest BCUT2D eigenvalue weighted by Gasteiger charge is -2.05. The molecule has 0 unspecified atom stereocenters. The molecular weight excluding hydrogens is 268 g/mol. The zero-order valence-electron chi connectivity index (χ0n) is 8.81. The molecule has 0 radical (unpaired) electrons. The van der Waals surface area contributed by atoms with Gasteiger partial charge in [-0.2, -0.15) is 9.97 Å². The first-order chi connectivity index (χ1) is 7.70. The van der Waals surface area contributed by atoms with Crippen molar-refractivity contribution in [3.05, 3.63) is 34.6 Å². The van der Waals surface area contributed by atoms with E-state index in [1.165, 1.54) is 0 Å². The van der Waals surface area contributed by atoms with Crippen LogP contribution in [-0.4, -0.2) is 15.0 Å². The Balaban J connectivity index is 2.56. The van der Waals surface area contributed by atoms with E-state index in [1.54, 1.807) is 0 Å². The Morgan fingerprint density at radius 2 is 1.94 bits per heavy atom. The number of hydrogen-bond donors (Lipinski definition) is 1. The van der Waals surface area contributed by atoms with Gasteiger partial charge in [-0.15, -0.1) is 0 Å². The number of nitrogens with two attached hydrogens (primary N) is 1. The van der Waals surface area contributed by atoms with Crippen LogP contribution >= 0.6 is 15.9 Å². The maximum Gasteiger partial charge on any atom is 0.223 e. The molecule has 82 valence electrons. The Kier molecular flexibility index (Phi) is 3.14. The van der Waals surface area contributed by atoms with Crippen LogP contribution in [0.1, 0.15) is 12.7 Å². The summed E-state index contributed by atoms with van der Waals surface area (Å²) in [7, 11) is 0. The highest BCUT2D eigenvalue weighted by atomic mass is 79.9. The molecule has 4 nitrogen and oxygen atoms in total. The van der Waals surface area contributed by atoms with E-state index >= 15 is 0 Å². The van der Waals surface area contributed by atoms with E-state index in [0.29, 0.717) is 11.6 Å². The molecule has 0 aliphatic rings. The molecule has 0 saturated heterocycles. The van der Waals surface area contributed by atoms with Crippen molar-refractivity contribution in [2.45, 2.75) is 13.3 Å². The summed E-state index contributed by atoms with van der Waals surface area (Å²) in [5.74, 6) is 1.58. The summed E-state index contributed by atoms with van der Waals surface area (Å²) in [5.41, 5.74) is 6.57. The first-order valence-corrected chi connectivity index (χ1v) is 5.75. The second kappa shape index (κ2) is 4.57. The quantitative estimate of drug-likeness (QED) is 0.917. The zero-order valence-corrected chi connectivity index (χ0v) is 10.4. The average Bonchev–Trinajstić information content (AvgIpc) is 2.28. The molecule has 1 heterocycles. The van der Waals surface area contributed by atoms with E-state index in [2.05, 4.69) is 30.9 Å². The highest BCUT2D eigenvalue weighted by Crippen LogP contribution is 2.25. The van der Waals surface area contributed by atoms with E-state index in [4.69, 9.17) is 5.73 Å². The number of halogens is 1. The molecule has 16 heavy (non-hydrogen) atoms. The third-order valence-corrected chi connectivity index (χ3v) is 2.82. The molecule has 0 spiro atoms. The molecule has 0 amide bonds. The topological polar surface area (TPSA) is 64.7 Å². The standard InChI is InChI=1S/C11H11BrN4/c1-2-9-14-10(16-11(13)15-9)7-5-3-4-6-8(7)12/h3-6H,2H2,1H3,(H2,13,14,15,16). The van der Waals surface area contributed by atoms with Crippen molar-refractivity contribution >= 4 is 21.9 Å². The van der Waals surface area contributed by atoms with Crippen LogP contribution in [0.3, 0.4) is 0 Å². The predicted octanol–water partition coefficient (Wildman–Crippen LogP) is 2.45. The van der Waals surface area contributed by atoms with Gasteiger partial charge in [-0.05, 0) is 6.07 Å². The van der Waals surface area contributed by atoms with E-state index in [9.17, 15) is 0 Å². The van der Waals surface area contributed by atoms with Crippen LogP contribution in [0.5, 0.6) is 0 Å². The molecule has 5 heteroatoms. The number of nitrogen functional groups attached to an aromatic ring is 1. The monoisotopic (exact) mass is 278 g/mol. The molecule has 2 aromatic rings. The number of aryl methyl sites for hydroxylation is 1. The Hall–Kier alpha value is -1.49. The molecule has 1 aromatic carbocycles. The number of nitrogens with zero attached hydrogens (tertiary/aromatic N) is 3. The molecular formula is C11H11BrN4. The van der Waals surface area contributed by atoms with Crippen molar-refractivity contribution in [3.63, 3.8) is 0 Å². The summed E-state index contributed by atoms with van der Waals surface area (Å²) >= 11 is 3.46. The molecule has 2 N–H and O–H groups in total. The van der Waals surface area contributed by atoms with Gasteiger partial charge in [0.25, 0.3) is 0 Å². The minimum atomic E-state index is 0.262. The normalized spacial score (nSPS) is 10.4. The Morgan fingerprint density at radius 1 is 1.19 bits per heavy atom. The predicted molar refractivity (Wildman–Crippen MR) is 66.8 cm³/mol. The van der Waals surface area contributed by atoms with Gasteiger partial charge >= 0.3 is 0 Å². The lowest BCUT2D eigenvalue weighted by atomic mass is 10.2. The minimum Gasteiger partial charge on any atom is -0.368 e. The third-order valence-electron chi connectivity index (χ3n) is 2.13. The maximum absolute atomic E-state index is 5.64. The summed E-state index contributed by atoms with van der Waals surface area (Å²) in [6.45, 7) is 1.98. The van der Waals surface area contributed by atoms with Crippen molar-refractivity contribution in [2.24, 2.45) is 0 Å². The maximum atomic E-state index is 5.64. The molecule has 1 aromatic heterocycles. The van der Waals surface area contributed by atoms with Gasteiger partial charge in [0, 0.05) is 16.5 Å². The van der Waals surface area contributed by atoms with Gasteiger partial charge in [-0.25, -0.2) is 4.98 Å². The summed E-state index contributed by atoms with van der Waals surface area (Å²) < 4.78 is 0.947. The highest BCUT2D eigenvalue weighted by Gasteiger charge is 2.08. The second-order valence-electron chi connectivity index (χ2n) is 3.27. The molecule has 0 bridgehead atoms. The van der Waals surface area contributed by atoms with Crippen LogP contribution in [0, 0.1) is 0 Å². The van der Waals surface area contributed by atoms with E-state index in [0.717, 1.165) is 16.5 Å². The average molecular weight is 279 g/mol. The van der Waals surface area contributed by atoms with Gasteiger partial charge in [-0.1, -0.05) is 41.1 Å². The van der Waals surface area contributed by atoms with Crippen LogP contribution < -0.4 is 5.73 Å². The molecule has 0 aliphatic carbocycles. The first kappa shape index (κ1) is 11.0. The Labute approximate surface area is 102 Å². The van der Waals surface area contributed by atoms with Crippen LogP contribution in [0.2, 0.25) is 0 Å². The Morgan fingerprint density at radius 3 is 2.62 bits per heavy atom. The fourth-order valence-corrected chi connectivity index (χ4v) is 1.82. The lowest BCUT2D eigenvalue weighted by Crippen LogP contribution is -2.04. The van der Waals surface area contributed by atoms with Gasteiger partial charge in [0.05, 0.1) is 0 Å². The fraction of sp³-hybridized carbons (Fsp3) is 0.182. The van der Waals surface area contributed by atoms with Gasteiger partial charge in [0.2, 0.25) is 5.95 Å². The van der Waals surface area contributed by atoms with Gasteiger partial charge in [0.1, 0.15) is 5.82 Å². The summed E-state index contributed by atoms with van der Waals surface area (Å²) in [4.78, 5) is 12.5. The van der Waals surface area contributed by atoms with E-state index < -0.39 is 0 Å². The van der Waals surface area contributed by atoms with Crippen LogP contribution in [-0.2, 0) is 6.42 Å². The number of anilines is 1. The number of hydrogen-bond acceptors (Lipinski definition) is 4. The molecule has 0 atom stereocenters. The molecule has 0 saturated carbocycles. The third kappa shape index (κ3) is 2.19. The summed E-state index contributed by atoms with van der Waals surface area (Å²) in [6.07, 6.45) is 0.740. The van der Waals surface area contributed by atoms with Crippen molar-refractivity contribution < 1.29 is 0 Å². The summed E-state index contributed by atoms with van der Waals surface area (Å²) in [6, 6.07) is 7.77. The first-order valence-electron chi connectivity index (χ1n) is 4.96. The van der Waals surface area contributed by atoms with Crippen molar-refractivity contribution in [3.8, 4) is 11.4 Å². The number of benzene rings is 1. The fourth-order valence-electron chi connectivity index (χ4n) is 1.36. The molecule has 2 rings (SSSR count). The smallest absolute Gasteiger partial charge is 0.223 e. The second-order valence-corrected chi connectivity index (χ2v) is 4.12. The van der Waals surface area contributed by atoms with Crippen LogP contribution in [0.15, 0.2) is 28.7 Å². The minimum absolute atomic E-state index is 0.262. The van der Waals surface area contributed by atoms with Crippen LogP contribution in [0.4, 0.5) is 5.95 Å². The largest absolute Gasteiger partial charge is 0.368 e. The van der Waals surface area contributed by atoms with Crippen LogP contribution in [0.25, 0.3) is 11.4 Å². The molecule has 0 aliphatic heterocycles. The lowest BCUT2D eigenvalue weighted by molar-refractivity contribution is 0.913. The number of rotatable bonds is 2. The SMILES string of the molecule is CCc1nc(N)nc(-c2ccccc2Br)n1. The highest BCUT2D eigenvalue weighted by molar-refractivity contribution is 9.10.